The number of nitrogens with zero attached hydrogens (tertiary/aromatic N) is 3. The SMILES string of the molecule is O=C(NCc1cccnc1)Nc1ccc(S(=O)(=O)c2ccc(-n3cccn3)cc2)cc1. The Morgan fingerprint density at radius 1 is 0.903 bits per heavy atom. The van der Waals surface area contributed by atoms with Gasteiger partial charge >= 0.3 is 6.03 Å². The first kappa shape index (κ1) is 20.3. The van der Waals surface area contributed by atoms with Gasteiger partial charge in [-0.05, 0) is 66.2 Å². The lowest BCUT2D eigenvalue weighted by Gasteiger charge is -2.09. The summed E-state index contributed by atoms with van der Waals surface area (Å²) in [5.41, 5.74) is 2.12. The molecule has 0 radical (unpaired) electrons. The van der Waals surface area contributed by atoms with Gasteiger partial charge in [0.05, 0.1) is 15.5 Å². The average Bonchev–Trinajstić information content (AvgIpc) is 3.34. The van der Waals surface area contributed by atoms with E-state index in [1.807, 2.05) is 6.07 Å². The van der Waals surface area contributed by atoms with Crippen molar-refractivity contribution in [1.82, 2.24) is 20.1 Å². The first-order valence-corrected chi connectivity index (χ1v) is 10.9. The Morgan fingerprint density at radius 2 is 1.61 bits per heavy atom. The van der Waals surface area contributed by atoms with E-state index in [2.05, 4.69) is 20.7 Å². The maximum Gasteiger partial charge on any atom is 0.319 e. The first-order valence-electron chi connectivity index (χ1n) is 9.41. The molecule has 156 valence electrons. The van der Waals surface area contributed by atoms with Crippen LogP contribution in [-0.4, -0.2) is 29.2 Å². The number of benzene rings is 2. The monoisotopic (exact) mass is 433 g/mol. The maximum absolute atomic E-state index is 12.9. The topological polar surface area (TPSA) is 106 Å². The average molecular weight is 433 g/mol. The van der Waals surface area contributed by atoms with Crippen molar-refractivity contribution in [3.8, 4) is 5.69 Å². The van der Waals surface area contributed by atoms with E-state index < -0.39 is 15.9 Å². The van der Waals surface area contributed by atoms with Crippen LogP contribution >= 0.6 is 0 Å². The van der Waals surface area contributed by atoms with E-state index in [4.69, 9.17) is 0 Å². The van der Waals surface area contributed by atoms with Crippen LogP contribution < -0.4 is 10.6 Å². The molecule has 0 unspecified atom stereocenters. The van der Waals surface area contributed by atoms with Crippen LogP contribution in [0.5, 0.6) is 0 Å². The lowest BCUT2D eigenvalue weighted by Crippen LogP contribution is -2.28. The van der Waals surface area contributed by atoms with Crippen LogP contribution in [0, 0.1) is 0 Å². The molecule has 0 aliphatic carbocycles. The second kappa shape index (κ2) is 8.80. The summed E-state index contributed by atoms with van der Waals surface area (Å²) in [5, 5.41) is 9.52. The smallest absolute Gasteiger partial charge is 0.319 e. The molecule has 0 aliphatic heterocycles. The highest BCUT2D eigenvalue weighted by atomic mass is 32.2. The summed E-state index contributed by atoms with van der Waals surface area (Å²) in [6.45, 7) is 0.334. The second-order valence-corrected chi connectivity index (χ2v) is 8.59. The molecule has 9 heteroatoms. The third kappa shape index (κ3) is 4.78. The number of pyridine rings is 1. The molecule has 0 saturated carbocycles. The van der Waals surface area contributed by atoms with Gasteiger partial charge in [-0.2, -0.15) is 5.10 Å². The van der Waals surface area contributed by atoms with Crippen LogP contribution in [0.25, 0.3) is 5.69 Å². The molecule has 8 nitrogen and oxygen atoms in total. The van der Waals surface area contributed by atoms with Gasteiger partial charge in [0.25, 0.3) is 0 Å². The molecule has 31 heavy (non-hydrogen) atoms. The molecule has 0 fully saturated rings. The number of anilines is 1. The number of sulfone groups is 1. The Labute approximate surface area is 179 Å². The van der Waals surface area contributed by atoms with E-state index in [9.17, 15) is 13.2 Å². The van der Waals surface area contributed by atoms with Gasteiger partial charge in [-0.25, -0.2) is 17.9 Å². The zero-order chi connectivity index (χ0) is 21.7. The zero-order valence-electron chi connectivity index (χ0n) is 16.3. The van der Waals surface area contributed by atoms with E-state index in [-0.39, 0.29) is 9.79 Å². The lowest BCUT2D eigenvalue weighted by molar-refractivity contribution is 0.251. The predicted octanol–water partition coefficient (Wildman–Crippen LogP) is 3.42. The van der Waals surface area contributed by atoms with Gasteiger partial charge in [-0.3, -0.25) is 4.98 Å². The highest BCUT2D eigenvalue weighted by molar-refractivity contribution is 7.91. The van der Waals surface area contributed by atoms with Gasteiger partial charge in [-0.15, -0.1) is 0 Å². The van der Waals surface area contributed by atoms with Gasteiger partial charge in [0, 0.05) is 37.0 Å². The van der Waals surface area contributed by atoms with Crippen LogP contribution in [0.15, 0.2) is 101 Å². The standard InChI is InChI=1S/C22H19N5O3S/c28-22(24-16-17-3-1-12-23-15-17)26-18-4-8-20(9-5-18)31(29,30)21-10-6-19(7-11-21)27-14-2-13-25-27/h1-15H,16H2,(H2,24,26,28). The van der Waals surface area contributed by atoms with E-state index in [0.29, 0.717) is 12.2 Å². The summed E-state index contributed by atoms with van der Waals surface area (Å²) >= 11 is 0. The number of urea groups is 1. The number of carbonyl (C=O) groups is 1. The molecular weight excluding hydrogens is 414 g/mol. The van der Waals surface area contributed by atoms with E-state index in [1.165, 1.54) is 12.1 Å². The molecule has 2 heterocycles. The van der Waals surface area contributed by atoms with E-state index >= 15 is 0 Å². The van der Waals surface area contributed by atoms with E-state index in [0.717, 1.165) is 11.3 Å². The molecule has 4 aromatic rings. The number of aromatic nitrogens is 3. The van der Waals surface area contributed by atoms with Crippen molar-refractivity contribution >= 4 is 21.6 Å². The van der Waals surface area contributed by atoms with Crippen molar-refractivity contribution in [2.24, 2.45) is 0 Å². The number of hydrogen-bond donors (Lipinski definition) is 2. The Balaban J connectivity index is 1.41. The normalized spacial score (nSPS) is 11.1. The number of hydrogen-bond acceptors (Lipinski definition) is 5. The number of rotatable bonds is 6. The van der Waals surface area contributed by atoms with Crippen molar-refractivity contribution < 1.29 is 13.2 Å². The third-order valence-electron chi connectivity index (χ3n) is 4.51. The Kier molecular flexibility index (Phi) is 5.76. The molecule has 2 aromatic carbocycles. The first-order chi connectivity index (χ1) is 15.0. The molecule has 0 atom stereocenters. The molecule has 0 bridgehead atoms. The van der Waals surface area contributed by atoms with Gasteiger partial charge < -0.3 is 10.6 Å². The quantitative estimate of drug-likeness (QED) is 0.485. The van der Waals surface area contributed by atoms with Crippen molar-refractivity contribution in [3.05, 3.63) is 97.1 Å². The minimum Gasteiger partial charge on any atom is -0.334 e. The number of nitrogens with one attached hydrogen (secondary N) is 2. The summed E-state index contributed by atoms with van der Waals surface area (Å²) in [7, 11) is -3.68. The summed E-state index contributed by atoms with van der Waals surface area (Å²) in [6.07, 6.45) is 6.76. The van der Waals surface area contributed by atoms with Crippen LogP contribution in [0.1, 0.15) is 5.56 Å². The third-order valence-corrected chi connectivity index (χ3v) is 6.30. The van der Waals surface area contributed by atoms with Crippen molar-refractivity contribution in [2.45, 2.75) is 16.3 Å². The van der Waals surface area contributed by atoms with E-state index in [1.54, 1.807) is 78.0 Å². The second-order valence-electron chi connectivity index (χ2n) is 6.64. The molecule has 2 N–H and O–H groups in total. The molecule has 0 aliphatic rings. The molecule has 4 rings (SSSR count). The summed E-state index contributed by atoms with van der Waals surface area (Å²) in [4.78, 5) is 16.4. The molecular formula is C22H19N5O3S. The molecule has 0 spiro atoms. The molecule has 2 amide bonds. The minimum atomic E-state index is -3.68. The Morgan fingerprint density at radius 3 is 2.23 bits per heavy atom. The highest BCUT2D eigenvalue weighted by Crippen LogP contribution is 2.23. The number of carbonyl (C=O) groups excluding carboxylic acids is 1. The fourth-order valence-electron chi connectivity index (χ4n) is 2.91. The van der Waals surface area contributed by atoms with Gasteiger partial charge in [0.15, 0.2) is 0 Å². The molecule has 2 aromatic heterocycles. The Bertz CT molecular complexity index is 1260. The maximum atomic E-state index is 12.9. The Hall–Kier alpha value is -3.98. The van der Waals surface area contributed by atoms with Gasteiger partial charge in [0.2, 0.25) is 9.84 Å². The van der Waals surface area contributed by atoms with Crippen LogP contribution in [0.3, 0.4) is 0 Å². The largest absolute Gasteiger partial charge is 0.334 e. The fourth-order valence-corrected chi connectivity index (χ4v) is 4.17. The zero-order valence-corrected chi connectivity index (χ0v) is 17.2. The molecule has 0 saturated heterocycles. The predicted molar refractivity (Wildman–Crippen MR) is 116 cm³/mol. The van der Waals surface area contributed by atoms with Crippen LogP contribution in [0.2, 0.25) is 0 Å². The summed E-state index contributed by atoms with van der Waals surface area (Å²) in [6, 6.07) is 17.6. The van der Waals surface area contributed by atoms with Crippen molar-refractivity contribution in [3.63, 3.8) is 0 Å². The van der Waals surface area contributed by atoms with Crippen molar-refractivity contribution in [2.75, 3.05) is 5.32 Å². The number of amides is 2. The fraction of sp³-hybridized carbons (Fsp3) is 0.0455. The van der Waals surface area contributed by atoms with Gasteiger partial charge in [-0.1, -0.05) is 6.07 Å². The van der Waals surface area contributed by atoms with Gasteiger partial charge in [0.1, 0.15) is 0 Å². The lowest BCUT2D eigenvalue weighted by atomic mass is 10.3. The summed E-state index contributed by atoms with van der Waals surface area (Å²) in [5.74, 6) is 0. The highest BCUT2D eigenvalue weighted by Gasteiger charge is 2.17. The van der Waals surface area contributed by atoms with Crippen LogP contribution in [-0.2, 0) is 16.4 Å². The summed E-state index contributed by atoms with van der Waals surface area (Å²) < 4.78 is 27.4. The minimum absolute atomic E-state index is 0.139. The van der Waals surface area contributed by atoms with Crippen LogP contribution in [0.4, 0.5) is 10.5 Å². The van der Waals surface area contributed by atoms with Crippen molar-refractivity contribution in [1.29, 1.82) is 0 Å².